The SMILES string of the molecule is COc1ccc2nc(C(Cc3cccc(C(N)=NOC(C)=O)c3)NS(=O)(=O)c3cccc(NC(=O)CCCNC(=O)OC(C)(C)C)c3)sc2c1. The second-order valence-corrected chi connectivity index (χ2v) is 14.9. The highest BCUT2D eigenvalue weighted by atomic mass is 32.2. The Bertz CT molecular complexity index is 1990. The van der Waals surface area contributed by atoms with E-state index in [0.717, 1.165) is 4.70 Å². The van der Waals surface area contributed by atoms with E-state index in [9.17, 15) is 22.8 Å². The van der Waals surface area contributed by atoms with Gasteiger partial charge in [-0.05, 0) is 81.6 Å². The number of hydrogen-bond donors (Lipinski definition) is 4. The van der Waals surface area contributed by atoms with Crippen molar-refractivity contribution >= 4 is 61.1 Å². The summed E-state index contributed by atoms with van der Waals surface area (Å²) in [5, 5.41) is 9.47. The molecular formula is C34H40N6O8S2. The fraction of sp³-hybridized carbons (Fsp3) is 0.324. The van der Waals surface area contributed by atoms with Crippen LogP contribution in [0.25, 0.3) is 10.2 Å². The molecule has 0 aliphatic carbocycles. The van der Waals surface area contributed by atoms with Gasteiger partial charge in [0.25, 0.3) is 0 Å². The molecule has 0 aliphatic heterocycles. The summed E-state index contributed by atoms with van der Waals surface area (Å²) in [4.78, 5) is 45.0. The lowest BCUT2D eigenvalue weighted by Gasteiger charge is -2.19. The van der Waals surface area contributed by atoms with Crippen LogP contribution in [0.4, 0.5) is 10.5 Å². The largest absolute Gasteiger partial charge is 0.497 e. The van der Waals surface area contributed by atoms with Crippen LogP contribution in [-0.4, -0.2) is 56.5 Å². The van der Waals surface area contributed by atoms with E-state index in [-0.39, 0.29) is 41.7 Å². The zero-order valence-corrected chi connectivity index (χ0v) is 29.9. The number of hydrogen-bond acceptors (Lipinski definition) is 11. The molecule has 0 saturated carbocycles. The molecule has 1 aromatic heterocycles. The van der Waals surface area contributed by atoms with Crippen molar-refractivity contribution in [2.45, 2.75) is 63.5 Å². The summed E-state index contributed by atoms with van der Waals surface area (Å²) in [7, 11) is -2.59. The number of nitrogens with zero attached hydrogens (tertiary/aromatic N) is 2. The van der Waals surface area contributed by atoms with Gasteiger partial charge in [-0.3, -0.25) is 4.79 Å². The van der Waals surface area contributed by atoms with Gasteiger partial charge in [0.15, 0.2) is 5.84 Å². The van der Waals surface area contributed by atoms with Crippen molar-refractivity contribution in [1.29, 1.82) is 0 Å². The van der Waals surface area contributed by atoms with Crippen LogP contribution in [0.3, 0.4) is 0 Å². The highest BCUT2D eigenvalue weighted by Crippen LogP contribution is 2.32. The van der Waals surface area contributed by atoms with Crippen molar-refractivity contribution in [1.82, 2.24) is 15.0 Å². The number of rotatable bonds is 14. The Morgan fingerprint density at radius 3 is 2.52 bits per heavy atom. The van der Waals surface area contributed by atoms with E-state index in [2.05, 4.69) is 25.3 Å². The lowest BCUT2D eigenvalue weighted by molar-refractivity contribution is -0.140. The number of nitrogens with one attached hydrogen (secondary N) is 3. The molecule has 1 heterocycles. The van der Waals surface area contributed by atoms with Gasteiger partial charge in [-0.15, -0.1) is 11.3 Å². The molecule has 1 atom stereocenters. The number of ether oxygens (including phenoxy) is 2. The molecule has 3 aromatic carbocycles. The quantitative estimate of drug-likeness (QED) is 0.0451. The first-order valence-corrected chi connectivity index (χ1v) is 17.9. The zero-order chi connectivity index (χ0) is 36.5. The summed E-state index contributed by atoms with van der Waals surface area (Å²) in [5.74, 6) is -0.359. The van der Waals surface area contributed by atoms with Crippen molar-refractivity contribution in [2.75, 3.05) is 19.0 Å². The molecule has 0 radical (unpaired) electrons. The zero-order valence-electron chi connectivity index (χ0n) is 28.3. The maximum Gasteiger partial charge on any atom is 0.407 e. The molecule has 0 aliphatic rings. The molecule has 0 bridgehead atoms. The van der Waals surface area contributed by atoms with E-state index in [1.807, 2.05) is 6.07 Å². The summed E-state index contributed by atoms with van der Waals surface area (Å²) >= 11 is 1.32. The maximum absolute atomic E-state index is 13.9. The Morgan fingerprint density at radius 1 is 1.04 bits per heavy atom. The van der Waals surface area contributed by atoms with Crippen LogP contribution < -0.4 is 25.8 Å². The van der Waals surface area contributed by atoms with Crippen LogP contribution in [0.2, 0.25) is 0 Å². The number of aromatic nitrogens is 1. The number of amides is 2. The van der Waals surface area contributed by atoms with E-state index in [1.54, 1.807) is 70.3 Å². The predicted octanol–water partition coefficient (Wildman–Crippen LogP) is 4.99. The Morgan fingerprint density at radius 2 is 1.80 bits per heavy atom. The minimum absolute atomic E-state index is 0.0237. The minimum Gasteiger partial charge on any atom is -0.497 e. The summed E-state index contributed by atoms with van der Waals surface area (Å²) in [6, 6.07) is 17.4. The van der Waals surface area contributed by atoms with Gasteiger partial charge < -0.3 is 30.7 Å². The first-order valence-electron chi connectivity index (χ1n) is 15.6. The number of methoxy groups -OCH3 is 1. The smallest absolute Gasteiger partial charge is 0.407 e. The van der Waals surface area contributed by atoms with Gasteiger partial charge in [-0.25, -0.2) is 27.7 Å². The number of thiazole rings is 1. The van der Waals surface area contributed by atoms with Gasteiger partial charge in [-0.2, -0.15) is 0 Å². The number of alkyl carbamates (subject to hydrolysis) is 1. The number of amidine groups is 1. The van der Waals surface area contributed by atoms with Crippen LogP contribution in [-0.2, 0) is 35.6 Å². The molecule has 0 fully saturated rings. The average Bonchev–Trinajstić information content (AvgIpc) is 3.48. The fourth-order valence-electron chi connectivity index (χ4n) is 4.61. The van der Waals surface area contributed by atoms with Crippen LogP contribution in [0, 0.1) is 0 Å². The molecular weight excluding hydrogens is 685 g/mol. The normalized spacial score (nSPS) is 12.6. The van der Waals surface area contributed by atoms with Gasteiger partial charge in [-0.1, -0.05) is 29.4 Å². The van der Waals surface area contributed by atoms with Crippen molar-refractivity contribution in [2.24, 2.45) is 10.9 Å². The second kappa shape index (κ2) is 16.6. The highest BCUT2D eigenvalue weighted by Gasteiger charge is 2.26. The Balaban J connectivity index is 1.53. The molecule has 0 spiro atoms. The van der Waals surface area contributed by atoms with E-state index in [0.29, 0.717) is 33.8 Å². The summed E-state index contributed by atoms with van der Waals surface area (Å²) < 4.78 is 41.8. The Labute approximate surface area is 294 Å². The predicted molar refractivity (Wildman–Crippen MR) is 190 cm³/mol. The monoisotopic (exact) mass is 724 g/mol. The molecule has 266 valence electrons. The third kappa shape index (κ3) is 11.2. The first kappa shape index (κ1) is 37.8. The van der Waals surface area contributed by atoms with Crippen LogP contribution in [0.15, 0.2) is 76.8 Å². The van der Waals surface area contributed by atoms with E-state index in [1.165, 1.54) is 36.5 Å². The van der Waals surface area contributed by atoms with Gasteiger partial charge in [0.05, 0.1) is 28.3 Å². The Kier molecular flexibility index (Phi) is 12.5. The lowest BCUT2D eigenvalue weighted by atomic mass is 10.0. The van der Waals surface area contributed by atoms with Crippen molar-refractivity contribution in [3.63, 3.8) is 0 Å². The number of benzene rings is 3. The Hall–Kier alpha value is -5.06. The fourth-order valence-corrected chi connectivity index (χ4v) is 6.98. The second-order valence-electron chi connectivity index (χ2n) is 12.1. The molecule has 50 heavy (non-hydrogen) atoms. The number of carbonyl (C=O) groups is 3. The van der Waals surface area contributed by atoms with Gasteiger partial charge >= 0.3 is 12.1 Å². The molecule has 4 rings (SSSR count). The minimum atomic E-state index is -4.15. The topological polar surface area (TPSA) is 200 Å². The first-order chi connectivity index (χ1) is 23.6. The molecule has 16 heteroatoms. The van der Waals surface area contributed by atoms with Crippen LogP contribution >= 0.6 is 11.3 Å². The lowest BCUT2D eigenvalue weighted by Crippen LogP contribution is -2.33. The molecule has 5 N–H and O–H groups in total. The van der Waals surface area contributed by atoms with E-state index >= 15 is 0 Å². The summed E-state index contributed by atoms with van der Waals surface area (Å²) in [6.07, 6.45) is 0.0451. The number of oxime groups is 1. The number of carbonyl (C=O) groups excluding carboxylic acids is 3. The number of nitrogens with two attached hydrogens (primary N) is 1. The molecule has 2 amide bonds. The van der Waals surface area contributed by atoms with Gasteiger partial charge in [0.2, 0.25) is 15.9 Å². The van der Waals surface area contributed by atoms with Gasteiger partial charge in [0.1, 0.15) is 16.4 Å². The van der Waals surface area contributed by atoms with Crippen molar-refractivity contribution in [3.05, 3.63) is 82.9 Å². The third-order valence-electron chi connectivity index (χ3n) is 6.82. The number of fused-ring (bicyclic) bond motifs is 1. The highest BCUT2D eigenvalue weighted by molar-refractivity contribution is 7.89. The standard InChI is InChI=1S/C34H40N6O8S2/c1-21(41)48-39-31(35)23-10-6-9-22(17-23)18-28(32-38-27-15-14-25(46-5)20-29(27)49-32)40-50(44,45)26-12-7-11-24(19-26)37-30(42)13-8-16-36-33(43)47-34(2,3)4/h6-7,9-12,14-15,17,19-20,28,40H,8,13,16,18H2,1-5H3,(H2,35,39)(H,36,43)(H,37,42). The van der Waals surface area contributed by atoms with Gasteiger partial charge in [0, 0.05) is 31.1 Å². The molecule has 1 unspecified atom stereocenters. The maximum atomic E-state index is 13.9. The number of anilines is 1. The third-order valence-corrected chi connectivity index (χ3v) is 9.42. The molecule has 4 aromatic rings. The van der Waals surface area contributed by atoms with Crippen molar-refractivity contribution in [3.8, 4) is 5.75 Å². The van der Waals surface area contributed by atoms with E-state index in [4.69, 9.17) is 20.2 Å². The number of sulfonamides is 1. The summed E-state index contributed by atoms with van der Waals surface area (Å²) in [6.45, 7) is 6.70. The van der Waals surface area contributed by atoms with Crippen molar-refractivity contribution < 1.29 is 37.1 Å². The molecule has 0 saturated heterocycles. The van der Waals surface area contributed by atoms with E-state index < -0.39 is 33.7 Å². The summed E-state index contributed by atoms with van der Waals surface area (Å²) in [5.41, 5.74) is 7.52. The van der Waals surface area contributed by atoms with Crippen LogP contribution in [0.1, 0.15) is 62.7 Å². The van der Waals surface area contributed by atoms with Crippen LogP contribution in [0.5, 0.6) is 5.75 Å². The molecule has 14 nitrogen and oxygen atoms in total. The average molecular weight is 725 g/mol.